The molecule has 104 valence electrons. The number of nitrogens with two attached hydrogens (primary N) is 1. The molecule has 0 saturated heterocycles. The number of unbranched alkanes of at least 4 members (excludes halogenated alkanes) is 1. The maximum Gasteiger partial charge on any atom is 0.222 e. The third-order valence-electron chi connectivity index (χ3n) is 3.35. The quantitative estimate of drug-likeness (QED) is 0.797. The molecule has 0 aromatic carbocycles. The van der Waals surface area contributed by atoms with Gasteiger partial charge in [0, 0.05) is 32.0 Å². The number of hydrogen-bond acceptors (Lipinski definition) is 5. The molecule has 0 aliphatic carbocycles. The molecular formula is C13H21N5O. The van der Waals surface area contributed by atoms with Crippen molar-refractivity contribution in [2.45, 2.75) is 39.7 Å². The Bertz CT molecular complexity index is 474. The molecule has 2 heterocycles. The molecule has 0 spiro atoms. The van der Waals surface area contributed by atoms with Gasteiger partial charge in [0.05, 0.1) is 12.2 Å². The van der Waals surface area contributed by atoms with Crippen molar-refractivity contribution in [3.05, 3.63) is 11.3 Å². The predicted octanol–water partition coefficient (Wildman–Crippen LogP) is 1.18. The molecule has 3 N–H and O–H groups in total. The zero-order valence-corrected chi connectivity index (χ0v) is 11.6. The molecule has 0 radical (unpaired) electrons. The van der Waals surface area contributed by atoms with Gasteiger partial charge in [-0.15, -0.1) is 0 Å². The van der Waals surface area contributed by atoms with Crippen LogP contribution in [0.4, 0.5) is 11.8 Å². The Labute approximate surface area is 113 Å². The van der Waals surface area contributed by atoms with Crippen LogP contribution in [0.5, 0.6) is 0 Å². The van der Waals surface area contributed by atoms with Crippen molar-refractivity contribution in [3.63, 3.8) is 0 Å². The van der Waals surface area contributed by atoms with Gasteiger partial charge < -0.3 is 16.0 Å². The van der Waals surface area contributed by atoms with Gasteiger partial charge in [-0.05, 0) is 6.42 Å². The first kappa shape index (κ1) is 13.6. The van der Waals surface area contributed by atoms with E-state index in [1.807, 2.05) is 4.90 Å². The number of nitrogen functional groups attached to an aromatic ring is 1. The van der Waals surface area contributed by atoms with E-state index >= 15 is 0 Å². The van der Waals surface area contributed by atoms with Crippen molar-refractivity contribution in [1.82, 2.24) is 14.9 Å². The summed E-state index contributed by atoms with van der Waals surface area (Å²) in [6.07, 6.45) is 2.94. The van der Waals surface area contributed by atoms with E-state index in [1.54, 1.807) is 6.92 Å². The van der Waals surface area contributed by atoms with E-state index in [1.165, 1.54) is 0 Å². The number of carbonyl (C=O) groups excluding carboxylic acids is 1. The fourth-order valence-electron chi connectivity index (χ4n) is 2.23. The van der Waals surface area contributed by atoms with Crippen molar-refractivity contribution in [2.75, 3.05) is 24.1 Å². The largest absolute Gasteiger partial charge is 0.370 e. The number of nitrogens with one attached hydrogen (secondary N) is 1. The van der Waals surface area contributed by atoms with E-state index in [9.17, 15) is 4.79 Å². The molecule has 2 rings (SSSR count). The first-order valence-electron chi connectivity index (χ1n) is 6.76. The maximum atomic E-state index is 11.5. The summed E-state index contributed by atoms with van der Waals surface area (Å²) in [5.41, 5.74) is 7.71. The number of carbonyl (C=O) groups is 1. The molecule has 19 heavy (non-hydrogen) atoms. The summed E-state index contributed by atoms with van der Waals surface area (Å²) in [7, 11) is 0. The topological polar surface area (TPSA) is 84.1 Å². The minimum Gasteiger partial charge on any atom is -0.370 e. The third-order valence-corrected chi connectivity index (χ3v) is 3.35. The van der Waals surface area contributed by atoms with Crippen molar-refractivity contribution < 1.29 is 4.79 Å². The number of aromatic nitrogens is 2. The number of anilines is 2. The van der Waals surface area contributed by atoms with E-state index in [0.29, 0.717) is 19.0 Å². The van der Waals surface area contributed by atoms with Gasteiger partial charge in [-0.3, -0.25) is 4.79 Å². The van der Waals surface area contributed by atoms with Crippen LogP contribution < -0.4 is 11.1 Å². The normalized spacial score (nSPS) is 14.1. The number of rotatable bonds is 4. The van der Waals surface area contributed by atoms with Gasteiger partial charge in [-0.25, -0.2) is 4.98 Å². The molecule has 0 bridgehead atoms. The monoisotopic (exact) mass is 263 g/mol. The van der Waals surface area contributed by atoms with Crippen molar-refractivity contribution in [2.24, 2.45) is 0 Å². The van der Waals surface area contributed by atoms with E-state index in [4.69, 9.17) is 5.73 Å². The van der Waals surface area contributed by atoms with Gasteiger partial charge >= 0.3 is 0 Å². The lowest BCUT2D eigenvalue weighted by atomic mass is 10.1. The van der Waals surface area contributed by atoms with E-state index in [-0.39, 0.29) is 5.91 Å². The molecule has 1 aliphatic heterocycles. The fourth-order valence-corrected chi connectivity index (χ4v) is 2.23. The van der Waals surface area contributed by atoms with Gasteiger partial charge in [0.1, 0.15) is 5.82 Å². The van der Waals surface area contributed by atoms with Gasteiger partial charge in [0.15, 0.2) is 0 Å². The highest BCUT2D eigenvalue weighted by molar-refractivity contribution is 5.74. The summed E-state index contributed by atoms with van der Waals surface area (Å²) in [5.74, 6) is 1.16. The number of amides is 1. The number of hydrogen-bond donors (Lipinski definition) is 2. The van der Waals surface area contributed by atoms with Crippen LogP contribution in [-0.2, 0) is 17.8 Å². The Kier molecular flexibility index (Phi) is 4.19. The third kappa shape index (κ3) is 3.13. The van der Waals surface area contributed by atoms with Crippen molar-refractivity contribution in [3.8, 4) is 0 Å². The maximum absolute atomic E-state index is 11.5. The van der Waals surface area contributed by atoms with Crippen molar-refractivity contribution >= 4 is 17.7 Å². The highest BCUT2D eigenvalue weighted by Crippen LogP contribution is 2.24. The van der Waals surface area contributed by atoms with Crippen LogP contribution in [0.2, 0.25) is 0 Å². The first-order valence-corrected chi connectivity index (χ1v) is 6.76. The summed E-state index contributed by atoms with van der Waals surface area (Å²) in [6.45, 7) is 5.86. The Morgan fingerprint density at radius 3 is 2.95 bits per heavy atom. The van der Waals surface area contributed by atoms with Gasteiger partial charge in [0.25, 0.3) is 0 Å². The zero-order chi connectivity index (χ0) is 13.8. The Morgan fingerprint density at radius 1 is 1.47 bits per heavy atom. The molecule has 1 aromatic rings. The Hall–Kier alpha value is -1.85. The standard InChI is InChI=1S/C13H21N5O/c1-3-4-6-15-12-10-8-18(9(2)19)7-5-11(10)16-13(14)17-12/h3-8H2,1-2H3,(H3,14,15,16,17). The summed E-state index contributed by atoms with van der Waals surface area (Å²) in [5, 5.41) is 3.30. The molecule has 0 unspecified atom stereocenters. The molecule has 1 amide bonds. The molecule has 0 atom stereocenters. The van der Waals surface area contributed by atoms with Gasteiger partial charge in [-0.2, -0.15) is 4.98 Å². The Morgan fingerprint density at radius 2 is 2.26 bits per heavy atom. The molecule has 6 nitrogen and oxygen atoms in total. The van der Waals surface area contributed by atoms with Gasteiger partial charge in [0.2, 0.25) is 11.9 Å². The second-order valence-electron chi connectivity index (χ2n) is 4.83. The fraction of sp³-hybridized carbons (Fsp3) is 0.615. The van der Waals surface area contributed by atoms with Crippen LogP contribution in [0.1, 0.15) is 37.9 Å². The van der Waals surface area contributed by atoms with Crippen molar-refractivity contribution in [1.29, 1.82) is 0 Å². The second kappa shape index (κ2) is 5.86. The predicted molar refractivity (Wildman–Crippen MR) is 74.6 cm³/mol. The van der Waals surface area contributed by atoms with Crippen LogP contribution in [0.3, 0.4) is 0 Å². The Balaban J connectivity index is 2.23. The van der Waals surface area contributed by atoms with Crippen LogP contribution >= 0.6 is 0 Å². The number of fused-ring (bicyclic) bond motifs is 1. The molecule has 0 fully saturated rings. The molecular weight excluding hydrogens is 242 g/mol. The molecule has 6 heteroatoms. The second-order valence-corrected chi connectivity index (χ2v) is 4.83. The molecule has 0 saturated carbocycles. The molecule has 1 aliphatic rings. The highest BCUT2D eigenvalue weighted by Gasteiger charge is 2.23. The first-order chi connectivity index (χ1) is 9.11. The van der Waals surface area contributed by atoms with Crippen LogP contribution in [-0.4, -0.2) is 33.9 Å². The van der Waals surface area contributed by atoms with Crippen LogP contribution in [0.25, 0.3) is 0 Å². The van der Waals surface area contributed by atoms with Crippen LogP contribution in [0, 0.1) is 0 Å². The summed E-state index contributed by atoms with van der Waals surface area (Å²) in [4.78, 5) is 21.9. The van der Waals surface area contributed by atoms with E-state index in [0.717, 1.165) is 42.9 Å². The molecule has 1 aromatic heterocycles. The van der Waals surface area contributed by atoms with Gasteiger partial charge in [-0.1, -0.05) is 13.3 Å². The summed E-state index contributed by atoms with van der Waals surface area (Å²) >= 11 is 0. The lowest BCUT2D eigenvalue weighted by molar-refractivity contribution is -0.129. The zero-order valence-electron chi connectivity index (χ0n) is 11.6. The van der Waals surface area contributed by atoms with E-state index < -0.39 is 0 Å². The smallest absolute Gasteiger partial charge is 0.222 e. The average Bonchev–Trinajstić information content (AvgIpc) is 2.38. The highest BCUT2D eigenvalue weighted by atomic mass is 16.2. The number of nitrogens with zero attached hydrogens (tertiary/aromatic N) is 3. The summed E-state index contributed by atoms with van der Waals surface area (Å²) in [6, 6.07) is 0. The van der Waals surface area contributed by atoms with E-state index in [2.05, 4.69) is 22.2 Å². The lowest BCUT2D eigenvalue weighted by Crippen LogP contribution is -2.35. The van der Waals surface area contributed by atoms with Crippen LogP contribution in [0.15, 0.2) is 0 Å². The SMILES string of the molecule is CCCCNc1nc(N)nc2c1CN(C(C)=O)CC2. The summed E-state index contributed by atoms with van der Waals surface area (Å²) < 4.78 is 0. The minimum absolute atomic E-state index is 0.0852. The minimum atomic E-state index is 0.0852. The lowest BCUT2D eigenvalue weighted by Gasteiger charge is -2.28. The average molecular weight is 263 g/mol.